The quantitative estimate of drug-likeness (QED) is 0.796. The fraction of sp³-hybridized carbons (Fsp3) is 0.368. The third kappa shape index (κ3) is 3.19. The van der Waals surface area contributed by atoms with Gasteiger partial charge >= 0.3 is 0 Å². The molecule has 2 aromatic carbocycles. The first-order chi connectivity index (χ1) is 12.4. The van der Waals surface area contributed by atoms with Crippen LogP contribution in [-0.4, -0.2) is 51.1 Å². The van der Waals surface area contributed by atoms with E-state index in [-0.39, 0.29) is 16.4 Å². The fourth-order valence-corrected chi connectivity index (χ4v) is 8.87. The Kier molecular flexibility index (Phi) is 4.41. The molecule has 2 heterocycles. The van der Waals surface area contributed by atoms with E-state index in [1.807, 2.05) is 23.1 Å². The van der Waals surface area contributed by atoms with Crippen molar-refractivity contribution in [2.45, 2.75) is 29.2 Å². The maximum absolute atomic E-state index is 13.1. The van der Waals surface area contributed by atoms with Gasteiger partial charge in [0.05, 0.1) is 21.7 Å². The molecular weight excluding hydrogens is 370 g/mol. The van der Waals surface area contributed by atoms with Crippen LogP contribution in [0.5, 0.6) is 0 Å². The van der Waals surface area contributed by atoms with Gasteiger partial charge in [-0.15, -0.1) is 0 Å². The van der Waals surface area contributed by atoms with Crippen LogP contribution < -0.4 is 0 Å². The van der Waals surface area contributed by atoms with Gasteiger partial charge < -0.3 is 0 Å². The van der Waals surface area contributed by atoms with Crippen molar-refractivity contribution in [2.75, 3.05) is 18.1 Å². The van der Waals surface area contributed by atoms with Crippen molar-refractivity contribution >= 4 is 19.7 Å². The van der Waals surface area contributed by atoms with Crippen LogP contribution in [0.2, 0.25) is 0 Å². The zero-order valence-electron chi connectivity index (χ0n) is 14.3. The Morgan fingerprint density at radius 3 is 2.27 bits per heavy atom. The van der Waals surface area contributed by atoms with Gasteiger partial charge in [-0.3, -0.25) is 4.90 Å². The average Bonchev–Trinajstić information content (AvgIpc) is 2.98. The molecule has 0 N–H and O–H groups in total. The molecule has 0 radical (unpaired) electrons. The molecule has 2 aromatic rings. The van der Waals surface area contributed by atoms with Gasteiger partial charge in [0.25, 0.3) is 0 Å². The maximum Gasteiger partial charge on any atom is 0.183 e. The lowest BCUT2D eigenvalue weighted by atomic mass is 9.98. The smallest absolute Gasteiger partial charge is 0.183 e. The Hall–Kier alpha value is -1.70. The minimum Gasteiger partial charge on any atom is -0.293 e. The van der Waals surface area contributed by atoms with E-state index in [1.165, 1.54) is 5.56 Å². The minimum atomic E-state index is -3.71. The summed E-state index contributed by atoms with van der Waals surface area (Å²) in [5, 5.41) is -0.917. The highest BCUT2D eigenvalue weighted by atomic mass is 32.2. The van der Waals surface area contributed by atoms with Crippen molar-refractivity contribution in [1.82, 2.24) is 4.90 Å². The highest BCUT2D eigenvalue weighted by Gasteiger charge is 2.48. The predicted molar refractivity (Wildman–Crippen MR) is 100 cm³/mol. The van der Waals surface area contributed by atoms with Crippen LogP contribution in [0.1, 0.15) is 11.1 Å². The van der Waals surface area contributed by atoms with Crippen LogP contribution >= 0.6 is 0 Å². The first kappa shape index (κ1) is 17.7. The summed E-state index contributed by atoms with van der Waals surface area (Å²) in [5.74, 6) is -0.390. The van der Waals surface area contributed by atoms with Crippen LogP contribution in [0.15, 0.2) is 59.5 Å². The van der Waals surface area contributed by atoms with Crippen molar-refractivity contribution in [3.63, 3.8) is 0 Å². The largest absolute Gasteiger partial charge is 0.293 e. The third-order valence-electron chi connectivity index (χ3n) is 5.37. The van der Waals surface area contributed by atoms with Crippen molar-refractivity contribution in [3.05, 3.63) is 65.7 Å². The normalized spacial score (nSPS) is 25.7. The van der Waals surface area contributed by atoms with E-state index in [1.54, 1.807) is 30.3 Å². The van der Waals surface area contributed by atoms with E-state index < -0.39 is 31.0 Å². The minimum absolute atomic E-state index is 0.0914. The second-order valence-electron chi connectivity index (χ2n) is 7.03. The topological polar surface area (TPSA) is 71.5 Å². The monoisotopic (exact) mass is 391 g/mol. The number of hydrogen-bond acceptors (Lipinski definition) is 5. The second kappa shape index (κ2) is 6.48. The maximum atomic E-state index is 13.1. The van der Waals surface area contributed by atoms with E-state index >= 15 is 0 Å². The standard InChI is InChI=1S/C19H21NO4S2/c21-25(22)13-18(20-11-10-15-6-4-5-7-16(15)12-20)19(14-25)26(23,24)17-8-2-1-3-9-17/h1-9,18-19H,10-14H2/t18-,19-/m0/s1. The first-order valence-electron chi connectivity index (χ1n) is 8.67. The molecule has 0 aliphatic carbocycles. The molecule has 1 fully saturated rings. The van der Waals surface area contributed by atoms with E-state index in [2.05, 4.69) is 6.07 Å². The molecule has 0 aromatic heterocycles. The molecule has 138 valence electrons. The molecule has 2 aliphatic heterocycles. The number of fused-ring (bicyclic) bond motifs is 1. The molecule has 4 rings (SSSR count). The number of benzene rings is 2. The SMILES string of the molecule is O=S1(=O)C[C@H](N2CCc3ccccc3C2)[C@@H](S(=O)(=O)c2ccccc2)C1. The van der Waals surface area contributed by atoms with Crippen LogP contribution in [0, 0.1) is 0 Å². The van der Waals surface area contributed by atoms with Crippen molar-refractivity contribution < 1.29 is 16.8 Å². The lowest BCUT2D eigenvalue weighted by molar-refractivity contribution is 0.195. The van der Waals surface area contributed by atoms with Gasteiger partial charge in [-0.25, -0.2) is 16.8 Å². The predicted octanol–water partition coefficient (Wildman–Crippen LogP) is 1.68. The lowest BCUT2D eigenvalue weighted by Crippen LogP contribution is -2.48. The van der Waals surface area contributed by atoms with E-state index in [0.29, 0.717) is 13.1 Å². The van der Waals surface area contributed by atoms with Gasteiger partial charge in [0.15, 0.2) is 19.7 Å². The van der Waals surface area contributed by atoms with Crippen molar-refractivity contribution in [1.29, 1.82) is 0 Å². The zero-order chi connectivity index (χ0) is 18.4. The number of hydrogen-bond donors (Lipinski definition) is 0. The Bertz CT molecular complexity index is 1020. The number of rotatable bonds is 3. The molecule has 26 heavy (non-hydrogen) atoms. The summed E-state index contributed by atoms with van der Waals surface area (Å²) in [7, 11) is -7.09. The highest BCUT2D eigenvalue weighted by Crippen LogP contribution is 2.31. The van der Waals surface area contributed by atoms with Gasteiger partial charge in [0, 0.05) is 19.1 Å². The van der Waals surface area contributed by atoms with Gasteiger partial charge in [-0.2, -0.15) is 0 Å². The molecule has 0 amide bonds. The summed E-state index contributed by atoms with van der Waals surface area (Å²) < 4.78 is 50.9. The van der Waals surface area contributed by atoms with Crippen LogP contribution in [0.3, 0.4) is 0 Å². The first-order valence-corrected chi connectivity index (χ1v) is 12.0. The van der Waals surface area contributed by atoms with E-state index in [9.17, 15) is 16.8 Å². The lowest BCUT2D eigenvalue weighted by Gasteiger charge is -2.35. The van der Waals surface area contributed by atoms with Gasteiger partial charge in [-0.05, 0) is 29.7 Å². The molecule has 2 aliphatic rings. The Balaban J connectivity index is 1.69. The Labute approximate surface area is 154 Å². The third-order valence-corrected chi connectivity index (χ3v) is 9.51. The molecule has 1 saturated heterocycles. The van der Waals surface area contributed by atoms with Crippen molar-refractivity contribution in [2.24, 2.45) is 0 Å². The molecule has 2 atom stereocenters. The summed E-state index contributed by atoms with van der Waals surface area (Å²) in [6.45, 7) is 1.27. The zero-order valence-corrected chi connectivity index (χ0v) is 15.9. The second-order valence-corrected chi connectivity index (χ2v) is 11.4. The fourth-order valence-electron chi connectivity index (χ4n) is 4.02. The average molecular weight is 392 g/mol. The number of sulfone groups is 2. The summed E-state index contributed by atoms with van der Waals surface area (Å²) in [6, 6.07) is 15.8. The Morgan fingerprint density at radius 1 is 0.885 bits per heavy atom. The van der Waals surface area contributed by atoms with Crippen molar-refractivity contribution in [3.8, 4) is 0 Å². The van der Waals surface area contributed by atoms with E-state index in [0.717, 1.165) is 12.0 Å². The molecule has 7 heteroatoms. The van der Waals surface area contributed by atoms with Crippen LogP contribution in [-0.2, 0) is 32.6 Å². The van der Waals surface area contributed by atoms with Crippen LogP contribution in [0.25, 0.3) is 0 Å². The Morgan fingerprint density at radius 2 is 1.54 bits per heavy atom. The molecule has 0 unspecified atom stereocenters. The highest BCUT2D eigenvalue weighted by molar-refractivity contribution is 7.96. The molecular formula is C19H21NO4S2. The van der Waals surface area contributed by atoms with Gasteiger partial charge in [0.2, 0.25) is 0 Å². The number of nitrogens with zero attached hydrogens (tertiary/aromatic N) is 1. The molecule has 5 nitrogen and oxygen atoms in total. The van der Waals surface area contributed by atoms with E-state index in [4.69, 9.17) is 0 Å². The summed E-state index contributed by atoms with van der Waals surface area (Å²) in [4.78, 5) is 2.24. The molecule has 0 spiro atoms. The van der Waals surface area contributed by atoms with Crippen LogP contribution in [0.4, 0.5) is 0 Å². The summed E-state index contributed by atoms with van der Waals surface area (Å²) >= 11 is 0. The molecule has 0 bridgehead atoms. The van der Waals surface area contributed by atoms with Gasteiger partial charge in [0.1, 0.15) is 0 Å². The summed E-state index contributed by atoms with van der Waals surface area (Å²) in [6.07, 6.45) is 0.810. The molecule has 0 saturated carbocycles. The van der Waals surface area contributed by atoms with Gasteiger partial charge in [-0.1, -0.05) is 42.5 Å². The summed E-state index contributed by atoms with van der Waals surface area (Å²) in [5.41, 5.74) is 2.41.